The number of benzene rings is 1. The minimum absolute atomic E-state index is 0.196. The molecule has 1 N–H and O–H groups in total. The molecule has 0 aliphatic rings. The monoisotopic (exact) mass is 344 g/mol. The predicted octanol–water partition coefficient (Wildman–Crippen LogP) is 4.46. The number of anilines is 1. The molecule has 0 fully saturated rings. The lowest BCUT2D eigenvalue weighted by Gasteiger charge is -2.08. The van der Waals surface area contributed by atoms with Crippen LogP contribution in [-0.2, 0) is 0 Å². The van der Waals surface area contributed by atoms with Gasteiger partial charge in [-0.25, -0.2) is 0 Å². The topological polar surface area (TPSA) is 55.1 Å². The molecule has 5 heteroatoms. The summed E-state index contributed by atoms with van der Waals surface area (Å²) in [6, 6.07) is 9.28. The maximum Gasteiger partial charge on any atom is 0.259 e. The summed E-state index contributed by atoms with van der Waals surface area (Å²) in [6.45, 7) is 3.60. The number of halogens is 1. The first kappa shape index (κ1) is 13.8. The van der Waals surface area contributed by atoms with E-state index in [0.717, 1.165) is 21.1 Å². The van der Waals surface area contributed by atoms with Gasteiger partial charge in [0.05, 0.1) is 16.8 Å². The van der Waals surface area contributed by atoms with Crippen molar-refractivity contribution in [2.45, 2.75) is 13.8 Å². The second-order valence-corrected chi connectivity index (χ2v) is 5.63. The van der Waals surface area contributed by atoms with Crippen molar-refractivity contribution in [3.8, 4) is 0 Å². The summed E-state index contributed by atoms with van der Waals surface area (Å²) < 4.78 is 6.34. The van der Waals surface area contributed by atoms with Crippen LogP contribution < -0.4 is 5.32 Å². The first-order valence-corrected chi connectivity index (χ1v) is 7.27. The molecule has 4 nitrogen and oxygen atoms in total. The summed E-state index contributed by atoms with van der Waals surface area (Å²) >= 11 is 3.49. The smallest absolute Gasteiger partial charge is 0.259 e. The van der Waals surface area contributed by atoms with Crippen LogP contribution in [-0.4, -0.2) is 10.9 Å². The van der Waals surface area contributed by atoms with E-state index >= 15 is 0 Å². The van der Waals surface area contributed by atoms with Crippen molar-refractivity contribution in [1.29, 1.82) is 0 Å². The molecule has 0 unspecified atom stereocenters. The molecule has 3 aromatic rings. The first-order chi connectivity index (χ1) is 10.1. The van der Waals surface area contributed by atoms with Gasteiger partial charge >= 0.3 is 0 Å². The van der Waals surface area contributed by atoms with Crippen molar-refractivity contribution in [3.63, 3.8) is 0 Å². The molecule has 3 rings (SSSR count). The number of fused-ring (bicyclic) bond motifs is 1. The SMILES string of the molecule is Cc1cc(C(=O)Nc2ccc(Br)c3cccnc23)c(C)o1. The van der Waals surface area contributed by atoms with Crippen LogP contribution in [0, 0.1) is 13.8 Å². The molecule has 0 spiro atoms. The second-order valence-electron chi connectivity index (χ2n) is 4.78. The lowest BCUT2D eigenvalue weighted by Crippen LogP contribution is -2.12. The Hall–Kier alpha value is -2.14. The van der Waals surface area contributed by atoms with Crippen molar-refractivity contribution in [2.75, 3.05) is 5.32 Å². The van der Waals surface area contributed by atoms with Gasteiger partial charge < -0.3 is 9.73 Å². The number of aromatic nitrogens is 1. The van der Waals surface area contributed by atoms with Crippen LogP contribution in [0.15, 0.2) is 45.4 Å². The highest BCUT2D eigenvalue weighted by Crippen LogP contribution is 2.29. The van der Waals surface area contributed by atoms with Crippen LogP contribution in [0.25, 0.3) is 10.9 Å². The summed E-state index contributed by atoms with van der Waals surface area (Å²) in [4.78, 5) is 16.7. The van der Waals surface area contributed by atoms with Gasteiger partial charge in [0, 0.05) is 16.1 Å². The zero-order chi connectivity index (χ0) is 15.0. The van der Waals surface area contributed by atoms with Crippen molar-refractivity contribution < 1.29 is 9.21 Å². The van der Waals surface area contributed by atoms with Gasteiger partial charge in [-0.3, -0.25) is 9.78 Å². The lowest BCUT2D eigenvalue weighted by molar-refractivity contribution is 0.102. The number of hydrogen-bond donors (Lipinski definition) is 1. The highest BCUT2D eigenvalue weighted by atomic mass is 79.9. The van der Waals surface area contributed by atoms with Crippen molar-refractivity contribution in [3.05, 3.63) is 58.1 Å². The van der Waals surface area contributed by atoms with E-state index in [9.17, 15) is 4.79 Å². The molecule has 0 aliphatic carbocycles. The molecule has 2 aromatic heterocycles. The molecule has 2 heterocycles. The van der Waals surface area contributed by atoms with Crippen LogP contribution in [0.2, 0.25) is 0 Å². The van der Waals surface area contributed by atoms with Crippen molar-refractivity contribution in [1.82, 2.24) is 4.98 Å². The molecular weight excluding hydrogens is 332 g/mol. The predicted molar refractivity (Wildman–Crippen MR) is 85.6 cm³/mol. The number of carbonyl (C=O) groups is 1. The number of hydrogen-bond acceptors (Lipinski definition) is 3. The molecule has 0 bridgehead atoms. The number of pyridine rings is 1. The Morgan fingerprint density at radius 3 is 2.81 bits per heavy atom. The number of aryl methyl sites for hydroxylation is 2. The molecule has 106 valence electrons. The van der Waals surface area contributed by atoms with E-state index in [1.54, 1.807) is 19.2 Å². The molecule has 0 aliphatic heterocycles. The third kappa shape index (κ3) is 2.56. The molecule has 0 radical (unpaired) electrons. The minimum atomic E-state index is -0.196. The average Bonchev–Trinajstić information content (AvgIpc) is 2.81. The highest BCUT2D eigenvalue weighted by molar-refractivity contribution is 9.10. The zero-order valence-electron chi connectivity index (χ0n) is 11.6. The second kappa shape index (κ2) is 5.33. The molecule has 21 heavy (non-hydrogen) atoms. The maximum absolute atomic E-state index is 12.4. The van der Waals surface area contributed by atoms with Crippen LogP contribution >= 0.6 is 15.9 Å². The maximum atomic E-state index is 12.4. The van der Waals surface area contributed by atoms with Crippen LogP contribution in [0.4, 0.5) is 5.69 Å². The number of furan rings is 1. The standard InChI is InChI=1S/C16H13BrN2O2/c1-9-8-12(10(2)21-9)16(20)19-14-6-5-13(17)11-4-3-7-18-15(11)14/h3-8H,1-2H3,(H,19,20). The van der Waals surface area contributed by atoms with E-state index in [0.29, 0.717) is 17.0 Å². The van der Waals surface area contributed by atoms with E-state index in [1.165, 1.54) is 0 Å². The van der Waals surface area contributed by atoms with Crippen molar-refractivity contribution in [2.24, 2.45) is 0 Å². The van der Waals surface area contributed by atoms with Crippen LogP contribution in [0.1, 0.15) is 21.9 Å². The van der Waals surface area contributed by atoms with E-state index < -0.39 is 0 Å². The Balaban J connectivity index is 2.01. The Kier molecular flexibility index (Phi) is 3.51. The summed E-state index contributed by atoms with van der Waals surface area (Å²) in [5.74, 6) is 1.13. The summed E-state index contributed by atoms with van der Waals surface area (Å²) in [5, 5.41) is 3.85. The van der Waals surface area contributed by atoms with Gasteiger partial charge in [0.25, 0.3) is 5.91 Å². The summed E-state index contributed by atoms with van der Waals surface area (Å²) in [6.07, 6.45) is 1.71. The molecule has 0 saturated heterocycles. The summed E-state index contributed by atoms with van der Waals surface area (Å²) in [7, 11) is 0. The fraction of sp³-hybridized carbons (Fsp3) is 0.125. The van der Waals surface area contributed by atoms with Crippen LogP contribution in [0.5, 0.6) is 0 Å². The average molecular weight is 345 g/mol. The molecule has 1 aromatic carbocycles. The quantitative estimate of drug-likeness (QED) is 0.746. The normalized spacial score (nSPS) is 10.8. The van der Waals surface area contributed by atoms with Crippen molar-refractivity contribution >= 4 is 38.4 Å². The Bertz CT molecular complexity index is 839. The fourth-order valence-electron chi connectivity index (χ4n) is 2.28. The minimum Gasteiger partial charge on any atom is -0.466 e. The molecule has 0 saturated carbocycles. The van der Waals surface area contributed by atoms with E-state index in [4.69, 9.17) is 4.42 Å². The van der Waals surface area contributed by atoms with Gasteiger partial charge in [0.15, 0.2) is 0 Å². The van der Waals surface area contributed by atoms with E-state index in [-0.39, 0.29) is 5.91 Å². The first-order valence-electron chi connectivity index (χ1n) is 6.48. The Morgan fingerprint density at radius 1 is 1.29 bits per heavy atom. The third-order valence-electron chi connectivity index (χ3n) is 3.25. The number of rotatable bonds is 2. The van der Waals surface area contributed by atoms with Gasteiger partial charge in [-0.05, 0) is 38.1 Å². The van der Waals surface area contributed by atoms with Gasteiger partial charge in [-0.2, -0.15) is 0 Å². The largest absolute Gasteiger partial charge is 0.466 e. The third-order valence-corrected chi connectivity index (χ3v) is 3.94. The fourth-order valence-corrected chi connectivity index (χ4v) is 2.74. The van der Waals surface area contributed by atoms with Gasteiger partial charge in [-0.15, -0.1) is 0 Å². The van der Waals surface area contributed by atoms with Gasteiger partial charge in [-0.1, -0.05) is 22.0 Å². The molecule has 0 atom stereocenters. The summed E-state index contributed by atoms with van der Waals surface area (Å²) in [5.41, 5.74) is 1.97. The number of carbonyl (C=O) groups excluding carboxylic acids is 1. The number of nitrogens with zero attached hydrogens (tertiary/aromatic N) is 1. The molecular formula is C16H13BrN2O2. The Morgan fingerprint density at radius 2 is 2.10 bits per heavy atom. The molecule has 1 amide bonds. The zero-order valence-corrected chi connectivity index (χ0v) is 13.2. The number of amides is 1. The highest BCUT2D eigenvalue weighted by Gasteiger charge is 2.15. The van der Waals surface area contributed by atoms with E-state index in [2.05, 4.69) is 26.2 Å². The Labute approximate surface area is 130 Å². The van der Waals surface area contributed by atoms with Gasteiger partial charge in [0.1, 0.15) is 11.5 Å². The van der Waals surface area contributed by atoms with Gasteiger partial charge in [0.2, 0.25) is 0 Å². The van der Waals surface area contributed by atoms with E-state index in [1.807, 2.05) is 31.2 Å². The van der Waals surface area contributed by atoms with Crippen LogP contribution in [0.3, 0.4) is 0 Å². The lowest BCUT2D eigenvalue weighted by atomic mass is 10.1. The number of nitrogens with one attached hydrogen (secondary N) is 1.